The summed E-state index contributed by atoms with van der Waals surface area (Å²) in [4.78, 5) is 11.3. The number of esters is 1. The van der Waals surface area contributed by atoms with E-state index in [1.54, 1.807) is 0 Å². The topological polar surface area (TPSA) is 67.8 Å². The van der Waals surface area contributed by atoms with Gasteiger partial charge in [0.1, 0.15) is 12.1 Å². The Labute approximate surface area is 76.0 Å². The van der Waals surface area contributed by atoms with Gasteiger partial charge in [-0.1, -0.05) is 0 Å². The molecule has 0 spiro atoms. The molecule has 0 bridgehead atoms. The van der Waals surface area contributed by atoms with E-state index in [-0.39, 0.29) is 18.1 Å². The summed E-state index contributed by atoms with van der Waals surface area (Å²) < 4.78 is 9.95. The first kappa shape index (κ1) is 8.93. The molecule has 5 nitrogen and oxygen atoms in total. The summed E-state index contributed by atoms with van der Waals surface area (Å²) in [7, 11) is 0. The number of hydrogen-bond donors (Lipinski definition) is 2. The van der Waals surface area contributed by atoms with Crippen molar-refractivity contribution in [2.45, 2.75) is 24.7 Å². The predicted molar refractivity (Wildman–Crippen MR) is 43.1 cm³/mol. The van der Waals surface area contributed by atoms with Crippen molar-refractivity contribution in [3.8, 4) is 0 Å². The van der Waals surface area contributed by atoms with Crippen LogP contribution in [0.15, 0.2) is 0 Å². The minimum atomic E-state index is -0.421. The Kier molecular flexibility index (Phi) is 2.48. The molecule has 2 saturated heterocycles. The molecule has 0 aromatic heterocycles. The van der Waals surface area contributed by atoms with Crippen LogP contribution in [0.25, 0.3) is 0 Å². The molecular weight excluding hydrogens is 174 g/mol. The molecule has 2 fully saturated rings. The molecule has 0 radical (unpaired) electrons. The highest BCUT2D eigenvalue weighted by molar-refractivity contribution is 5.76. The van der Waals surface area contributed by atoms with Crippen molar-refractivity contribution in [2.24, 2.45) is 0 Å². The molecule has 2 aliphatic heterocycles. The van der Waals surface area contributed by atoms with Gasteiger partial charge in [0.15, 0.2) is 0 Å². The predicted octanol–water partition coefficient (Wildman–Crippen LogP) is -1.35. The molecule has 0 amide bonds. The van der Waals surface area contributed by atoms with Gasteiger partial charge in [0.2, 0.25) is 0 Å². The van der Waals surface area contributed by atoms with Crippen molar-refractivity contribution in [3.63, 3.8) is 0 Å². The number of aliphatic hydroxyl groups excluding tert-OH is 1. The van der Waals surface area contributed by atoms with Gasteiger partial charge in [-0.25, -0.2) is 0 Å². The Morgan fingerprint density at radius 3 is 2.77 bits per heavy atom. The summed E-state index contributed by atoms with van der Waals surface area (Å²) in [6.07, 6.45) is -0.0471. The number of carbonyl (C=O) groups is 1. The lowest BCUT2D eigenvalue weighted by Crippen LogP contribution is -2.42. The zero-order valence-corrected chi connectivity index (χ0v) is 7.23. The van der Waals surface area contributed by atoms with E-state index in [2.05, 4.69) is 5.32 Å². The van der Waals surface area contributed by atoms with E-state index >= 15 is 0 Å². The Morgan fingerprint density at radius 2 is 2.31 bits per heavy atom. The highest BCUT2D eigenvalue weighted by atomic mass is 16.6. The molecule has 2 rings (SSSR count). The van der Waals surface area contributed by atoms with Crippen molar-refractivity contribution in [1.29, 1.82) is 0 Å². The van der Waals surface area contributed by atoms with Gasteiger partial charge in [-0.3, -0.25) is 4.79 Å². The molecule has 2 heterocycles. The number of ether oxygens (including phenoxy) is 2. The first-order valence-corrected chi connectivity index (χ1v) is 4.45. The van der Waals surface area contributed by atoms with Crippen LogP contribution in [0, 0.1) is 0 Å². The minimum absolute atomic E-state index is 0.0768. The molecule has 0 unspecified atom stereocenters. The van der Waals surface area contributed by atoms with E-state index in [9.17, 15) is 4.79 Å². The largest absolute Gasteiger partial charge is 0.456 e. The van der Waals surface area contributed by atoms with Crippen LogP contribution < -0.4 is 5.32 Å². The van der Waals surface area contributed by atoms with Gasteiger partial charge in [-0.15, -0.1) is 0 Å². The highest BCUT2D eigenvalue weighted by Gasteiger charge is 2.32. The summed E-state index contributed by atoms with van der Waals surface area (Å²) in [5.74, 6) is -0.273. The lowest BCUT2D eigenvalue weighted by atomic mass is 10.2. The van der Waals surface area contributed by atoms with Crippen molar-refractivity contribution in [2.75, 3.05) is 19.8 Å². The zero-order valence-electron chi connectivity index (χ0n) is 7.23. The molecule has 2 aliphatic rings. The summed E-state index contributed by atoms with van der Waals surface area (Å²) in [5, 5.41) is 12.1. The molecule has 2 atom stereocenters. The number of nitrogens with one attached hydrogen (secondary N) is 1. The summed E-state index contributed by atoms with van der Waals surface area (Å²) >= 11 is 0. The van der Waals surface area contributed by atoms with E-state index < -0.39 is 6.10 Å². The zero-order chi connectivity index (χ0) is 9.26. The Morgan fingerprint density at radius 1 is 1.54 bits per heavy atom. The maximum Gasteiger partial charge on any atom is 0.323 e. The SMILES string of the molecule is O=C(OC1COC1)[C@@H]1C[C@@H](O)CN1. The van der Waals surface area contributed by atoms with E-state index in [0.29, 0.717) is 26.2 Å². The van der Waals surface area contributed by atoms with Gasteiger partial charge >= 0.3 is 5.97 Å². The Balaban J connectivity index is 1.76. The molecule has 13 heavy (non-hydrogen) atoms. The Bertz CT molecular complexity index is 204. The molecule has 74 valence electrons. The third-order valence-electron chi connectivity index (χ3n) is 2.28. The average molecular weight is 187 g/mol. The van der Waals surface area contributed by atoms with Crippen LogP contribution in [-0.2, 0) is 14.3 Å². The molecule has 0 saturated carbocycles. The van der Waals surface area contributed by atoms with Crippen molar-refractivity contribution in [3.05, 3.63) is 0 Å². The lowest BCUT2D eigenvalue weighted by molar-refractivity contribution is -0.174. The second kappa shape index (κ2) is 3.61. The molecule has 5 heteroatoms. The quantitative estimate of drug-likeness (QED) is 0.523. The van der Waals surface area contributed by atoms with Crippen LogP contribution in [0.5, 0.6) is 0 Å². The fraction of sp³-hybridized carbons (Fsp3) is 0.875. The lowest BCUT2D eigenvalue weighted by Gasteiger charge is -2.26. The van der Waals surface area contributed by atoms with Crippen LogP contribution in [0.2, 0.25) is 0 Å². The summed E-state index contributed by atoms with van der Waals surface area (Å²) in [5.41, 5.74) is 0. The van der Waals surface area contributed by atoms with Crippen LogP contribution in [0.3, 0.4) is 0 Å². The summed E-state index contributed by atoms with van der Waals surface area (Å²) in [6.45, 7) is 1.48. The van der Waals surface area contributed by atoms with Crippen LogP contribution in [0.4, 0.5) is 0 Å². The molecular formula is C8H13NO4. The van der Waals surface area contributed by atoms with Gasteiger partial charge in [0, 0.05) is 13.0 Å². The van der Waals surface area contributed by atoms with Gasteiger partial charge in [0.05, 0.1) is 19.3 Å². The van der Waals surface area contributed by atoms with Crippen LogP contribution >= 0.6 is 0 Å². The highest BCUT2D eigenvalue weighted by Crippen LogP contribution is 2.12. The molecule has 0 aromatic carbocycles. The standard InChI is InChI=1S/C8H13NO4/c10-5-1-7(9-2-5)8(11)13-6-3-12-4-6/h5-7,9-10H,1-4H2/t5-,7+/m1/s1. The van der Waals surface area contributed by atoms with Crippen molar-refractivity contribution in [1.82, 2.24) is 5.32 Å². The number of β-amino-alcohol motifs (C(OH)–C–C–N with tert-alkyl or cyclic N) is 1. The van der Waals surface area contributed by atoms with Crippen LogP contribution in [-0.4, -0.2) is 49.1 Å². The van der Waals surface area contributed by atoms with Crippen molar-refractivity contribution >= 4 is 5.97 Å². The van der Waals surface area contributed by atoms with Gasteiger partial charge in [-0.2, -0.15) is 0 Å². The first-order valence-electron chi connectivity index (χ1n) is 4.45. The second-order valence-corrected chi connectivity index (χ2v) is 3.45. The maximum atomic E-state index is 11.3. The smallest absolute Gasteiger partial charge is 0.323 e. The van der Waals surface area contributed by atoms with E-state index in [4.69, 9.17) is 14.6 Å². The van der Waals surface area contributed by atoms with Gasteiger partial charge in [-0.05, 0) is 0 Å². The monoisotopic (exact) mass is 187 g/mol. The minimum Gasteiger partial charge on any atom is -0.456 e. The number of hydrogen-bond acceptors (Lipinski definition) is 5. The number of rotatable bonds is 2. The molecule has 0 aliphatic carbocycles. The van der Waals surface area contributed by atoms with Gasteiger partial charge in [0.25, 0.3) is 0 Å². The normalized spacial score (nSPS) is 34.2. The fourth-order valence-electron chi connectivity index (χ4n) is 1.43. The van der Waals surface area contributed by atoms with E-state index in [0.717, 1.165) is 0 Å². The Hall–Kier alpha value is -0.650. The second-order valence-electron chi connectivity index (χ2n) is 3.45. The first-order chi connectivity index (χ1) is 6.25. The number of aliphatic hydroxyl groups is 1. The van der Waals surface area contributed by atoms with Crippen molar-refractivity contribution < 1.29 is 19.4 Å². The molecule has 2 N–H and O–H groups in total. The van der Waals surface area contributed by atoms with Gasteiger partial charge < -0.3 is 19.9 Å². The summed E-state index contributed by atoms with van der Waals surface area (Å²) in [6, 6.07) is -0.337. The third-order valence-corrected chi connectivity index (χ3v) is 2.28. The van der Waals surface area contributed by atoms with E-state index in [1.807, 2.05) is 0 Å². The number of carbonyl (C=O) groups excluding carboxylic acids is 1. The average Bonchev–Trinajstić information content (AvgIpc) is 2.44. The van der Waals surface area contributed by atoms with E-state index in [1.165, 1.54) is 0 Å². The maximum absolute atomic E-state index is 11.3. The third kappa shape index (κ3) is 1.99. The fourth-order valence-corrected chi connectivity index (χ4v) is 1.43. The molecule has 0 aromatic rings. The van der Waals surface area contributed by atoms with Crippen LogP contribution in [0.1, 0.15) is 6.42 Å².